The molecule has 0 aromatic heterocycles. The van der Waals surface area contributed by atoms with Crippen LogP contribution in [0.25, 0.3) is 5.76 Å². The number of aliphatic hydroxyl groups is 1. The van der Waals surface area contributed by atoms with Gasteiger partial charge in [0.05, 0.1) is 18.7 Å². The standard InChI is InChI=1S/C29H29NO6/c1-34-18-8-17-30-26(23-11-6-7-12-24(23)35-2)25(28(32)29(30)33)27(31)21-13-15-22(16-14-21)36-19-20-9-4-3-5-10-20/h3-7,9-16,26,31H,8,17-19H2,1-2H3/b27-25+. The van der Waals surface area contributed by atoms with E-state index in [1.54, 1.807) is 43.5 Å². The van der Waals surface area contributed by atoms with Crippen LogP contribution in [0.5, 0.6) is 11.5 Å². The molecule has 0 bridgehead atoms. The van der Waals surface area contributed by atoms with Gasteiger partial charge in [-0.1, -0.05) is 48.5 Å². The molecule has 1 fully saturated rings. The molecule has 1 heterocycles. The first-order valence-electron chi connectivity index (χ1n) is 11.7. The first-order chi connectivity index (χ1) is 17.5. The molecular formula is C29H29NO6. The lowest BCUT2D eigenvalue weighted by molar-refractivity contribution is -0.140. The Hall–Kier alpha value is -4.10. The fourth-order valence-corrected chi connectivity index (χ4v) is 4.31. The Kier molecular flexibility index (Phi) is 8.02. The second kappa shape index (κ2) is 11.6. The fraction of sp³-hybridized carbons (Fsp3) is 0.241. The highest BCUT2D eigenvalue weighted by Crippen LogP contribution is 2.42. The Labute approximate surface area is 210 Å². The van der Waals surface area contributed by atoms with Gasteiger partial charge < -0.3 is 24.2 Å². The van der Waals surface area contributed by atoms with Gasteiger partial charge in [-0.25, -0.2) is 0 Å². The van der Waals surface area contributed by atoms with E-state index in [-0.39, 0.29) is 11.3 Å². The maximum atomic E-state index is 13.2. The number of amides is 1. The van der Waals surface area contributed by atoms with Gasteiger partial charge in [0.1, 0.15) is 23.9 Å². The molecule has 1 atom stereocenters. The number of nitrogens with zero attached hydrogens (tertiary/aromatic N) is 1. The van der Waals surface area contributed by atoms with Crippen LogP contribution in [-0.4, -0.2) is 49.1 Å². The maximum Gasteiger partial charge on any atom is 0.295 e. The summed E-state index contributed by atoms with van der Waals surface area (Å²) in [4.78, 5) is 27.7. The van der Waals surface area contributed by atoms with Crippen molar-refractivity contribution in [3.63, 3.8) is 0 Å². The number of likely N-dealkylation sites (tertiary alicyclic amines) is 1. The summed E-state index contributed by atoms with van der Waals surface area (Å²) in [6.07, 6.45) is 0.544. The summed E-state index contributed by atoms with van der Waals surface area (Å²) >= 11 is 0. The van der Waals surface area contributed by atoms with E-state index < -0.39 is 17.7 Å². The summed E-state index contributed by atoms with van der Waals surface area (Å²) in [5.74, 6) is -0.488. The Morgan fingerprint density at radius 2 is 1.61 bits per heavy atom. The highest BCUT2D eigenvalue weighted by Gasteiger charge is 2.46. The van der Waals surface area contributed by atoms with E-state index >= 15 is 0 Å². The zero-order valence-corrected chi connectivity index (χ0v) is 20.3. The third-order valence-corrected chi connectivity index (χ3v) is 6.10. The topological polar surface area (TPSA) is 85.3 Å². The van der Waals surface area contributed by atoms with Gasteiger partial charge >= 0.3 is 0 Å². The largest absolute Gasteiger partial charge is 0.507 e. The van der Waals surface area contributed by atoms with Gasteiger partial charge in [0.2, 0.25) is 0 Å². The first-order valence-corrected chi connectivity index (χ1v) is 11.7. The van der Waals surface area contributed by atoms with Gasteiger partial charge in [-0.3, -0.25) is 9.59 Å². The zero-order chi connectivity index (χ0) is 25.5. The van der Waals surface area contributed by atoms with E-state index in [1.165, 1.54) is 12.0 Å². The van der Waals surface area contributed by atoms with Gasteiger partial charge in [0, 0.05) is 31.4 Å². The number of benzene rings is 3. The molecule has 3 aromatic carbocycles. The summed E-state index contributed by atoms with van der Waals surface area (Å²) in [6.45, 7) is 1.14. The van der Waals surface area contributed by atoms with Crippen molar-refractivity contribution >= 4 is 17.4 Å². The van der Waals surface area contributed by atoms with E-state index in [0.29, 0.717) is 48.8 Å². The lowest BCUT2D eigenvalue weighted by Gasteiger charge is -2.26. The number of ether oxygens (including phenoxy) is 3. The van der Waals surface area contributed by atoms with Crippen LogP contribution in [0.2, 0.25) is 0 Å². The minimum absolute atomic E-state index is 0.0277. The summed E-state index contributed by atoms with van der Waals surface area (Å²) < 4.78 is 16.5. The number of para-hydroxylation sites is 1. The third-order valence-electron chi connectivity index (χ3n) is 6.10. The molecule has 0 saturated carbocycles. The van der Waals surface area contributed by atoms with Crippen LogP contribution in [0, 0.1) is 0 Å². The monoisotopic (exact) mass is 487 g/mol. The molecule has 1 N–H and O–H groups in total. The van der Waals surface area contributed by atoms with Crippen molar-refractivity contribution in [3.05, 3.63) is 101 Å². The molecule has 0 spiro atoms. The molecule has 3 aromatic rings. The van der Waals surface area contributed by atoms with E-state index in [9.17, 15) is 14.7 Å². The Morgan fingerprint density at radius 1 is 0.917 bits per heavy atom. The average molecular weight is 488 g/mol. The number of rotatable bonds is 10. The van der Waals surface area contributed by atoms with Crippen LogP contribution in [0.4, 0.5) is 0 Å². The Morgan fingerprint density at radius 3 is 2.31 bits per heavy atom. The van der Waals surface area contributed by atoms with E-state index in [4.69, 9.17) is 14.2 Å². The van der Waals surface area contributed by atoms with Crippen LogP contribution in [0.15, 0.2) is 84.4 Å². The average Bonchev–Trinajstić information content (AvgIpc) is 3.17. The highest BCUT2D eigenvalue weighted by molar-refractivity contribution is 6.46. The summed E-state index contributed by atoms with van der Waals surface area (Å²) in [5, 5.41) is 11.3. The Balaban J connectivity index is 1.67. The van der Waals surface area contributed by atoms with Gasteiger partial charge in [0.15, 0.2) is 0 Å². The highest BCUT2D eigenvalue weighted by atomic mass is 16.5. The molecule has 1 unspecified atom stereocenters. The van der Waals surface area contributed by atoms with Crippen LogP contribution in [0.1, 0.15) is 29.2 Å². The maximum absolute atomic E-state index is 13.2. The normalized spacial score (nSPS) is 16.8. The number of carbonyl (C=O) groups is 2. The molecule has 1 saturated heterocycles. The van der Waals surface area contributed by atoms with Crippen molar-refractivity contribution in [2.75, 3.05) is 27.4 Å². The van der Waals surface area contributed by atoms with Crippen molar-refractivity contribution < 1.29 is 28.9 Å². The quantitative estimate of drug-likeness (QED) is 0.193. The number of Topliss-reactive ketones (excluding diaryl/α,β-unsaturated/α-hetero) is 1. The second-order valence-electron chi connectivity index (χ2n) is 8.38. The minimum Gasteiger partial charge on any atom is -0.507 e. The number of aliphatic hydroxyl groups excluding tert-OH is 1. The van der Waals surface area contributed by atoms with Gasteiger partial charge in [-0.15, -0.1) is 0 Å². The van der Waals surface area contributed by atoms with Crippen molar-refractivity contribution in [3.8, 4) is 11.5 Å². The SMILES string of the molecule is COCCCN1C(=O)C(=O)/C(=C(/O)c2ccc(OCc3ccccc3)cc2)C1c1ccccc1OC. The van der Waals surface area contributed by atoms with Crippen molar-refractivity contribution in [2.24, 2.45) is 0 Å². The van der Waals surface area contributed by atoms with Crippen molar-refractivity contribution in [2.45, 2.75) is 19.1 Å². The molecule has 0 radical (unpaired) electrons. The number of methoxy groups -OCH3 is 2. The van der Waals surface area contributed by atoms with Crippen LogP contribution >= 0.6 is 0 Å². The number of hydrogen-bond donors (Lipinski definition) is 1. The molecule has 1 amide bonds. The minimum atomic E-state index is -0.785. The van der Waals surface area contributed by atoms with Crippen molar-refractivity contribution in [1.82, 2.24) is 4.90 Å². The first kappa shape index (κ1) is 25.0. The summed E-state index contributed by atoms with van der Waals surface area (Å²) in [6, 6.07) is 23.0. The Bertz CT molecular complexity index is 1240. The van der Waals surface area contributed by atoms with Crippen LogP contribution in [0.3, 0.4) is 0 Å². The zero-order valence-electron chi connectivity index (χ0n) is 20.3. The van der Waals surface area contributed by atoms with E-state index in [2.05, 4.69) is 0 Å². The van der Waals surface area contributed by atoms with E-state index in [1.807, 2.05) is 42.5 Å². The van der Waals surface area contributed by atoms with Gasteiger partial charge in [-0.05, 0) is 42.3 Å². The molecule has 4 rings (SSSR count). The van der Waals surface area contributed by atoms with Gasteiger partial charge in [0.25, 0.3) is 11.7 Å². The summed E-state index contributed by atoms with van der Waals surface area (Å²) in [5.41, 5.74) is 2.10. The smallest absolute Gasteiger partial charge is 0.295 e. The predicted octanol–water partition coefficient (Wildman–Crippen LogP) is 4.73. The second-order valence-corrected chi connectivity index (χ2v) is 8.38. The van der Waals surface area contributed by atoms with Crippen LogP contribution in [-0.2, 0) is 20.9 Å². The van der Waals surface area contributed by atoms with Crippen LogP contribution < -0.4 is 9.47 Å². The lowest BCUT2D eigenvalue weighted by Crippen LogP contribution is -2.31. The molecular weight excluding hydrogens is 458 g/mol. The third kappa shape index (κ3) is 5.26. The number of hydrogen-bond acceptors (Lipinski definition) is 6. The number of carbonyl (C=O) groups excluding carboxylic acids is 2. The molecule has 7 heteroatoms. The van der Waals surface area contributed by atoms with Gasteiger partial charge in [-0.2, -0.15) is 0 Å². The molecule has 1 aliphatic rings. The molecule has 1 aliphatic heterocycles. The molecule has 7 nitrogen and oxygen atoms in total. The van der Waals surface area contributed by atoms with E-state index in [0.717, 1.165) is 5.56 Å². The molecule has 36 heavy (non-hydrogen) atoms. The molecule has 186 valence electrons. The predicted molar refractivity (Wildman–Crippen MR) is 136 cm³/mol. The number of ketones is 1. The summed E-state index contributed by atoms with van der Waals surface area (Å²) in [7, 11) is 3.11. The fourth-order valence-electron chi connectivity index (χ4n) is 4.31. The molecule has 0 aliphatic carbocycles. The van der Waals surface area contributed by atoms with Crippen molar-refractivity contribution in [1.29, 1.82) is 0 Å². The lowest BCUT2D eigenvalue weighted by atomic mass is 9.94.